The van der Waals surface area contributed by atoms with Crippen LogP contribution in [0.5, 0.6) is 0 Å². The summed E-state index contributed by atoms with van der Waals surface area (Å²) >= 11 is 6.05. The molecule has 1 heterocycles. The summed E-state index contributed by atoms with van der Waals surface area (Å²) in [5.41, 5.74) is 10.6. The van der Waals surface area contributed by atoms with Crippen molar-refractivity contribution in [1.82, 2.24) is 4.98 Å². The smallest absolute Gasteiger partial charge is 0.0722 e. The van der Waals surface area contributed by atoms with Crippen molar-refractivity contribution < 1.29 is 0 Å². The highest BCUT2D eigenvalue weighted by Gasteiger charge is 2.22. The van der Waals surface area contributed by atoms with Crippen LogP contribution in [0.25, 0.3) is 55.5 Å². The van der Waals surface area contributed by atoms with Gasteiger partial charge in [-0.2, -0.15) is 0 Å². The second-order valence-corrected chi connectivity index (χ2v) is 7.82. The highest BCUT2D eigenvalue weighted by Crippen LogP contribution is 2.47. The van der Waals surface area contributed by atoms with Crippen molar-refractivity contribution in [3.63, 3.8) is 0 Å². The van der Waals surface area contributed by atoms with Crippen LogP contribution in [0.2, 0.25) is 5.02 Å². The van der Waals surface area contributed by atoms with Crippen molar-refractivity contribution in [1.29, 1.82) is 0 Å². The standard InChI is InChI=1S/C27H16ClN/c28-20-13-11-17(12-14-20)18-5-3-6-19(15-18)26-16-24-22-8-2-1-7-21(22)23-9-4-10-25(29-26)27(23)24/h1-16H. The summed E-state index contributed by atoms with van der Waals surface area (Å²) in [7, 11) is 0. The lowest BCUT2D eigenvalue weighted by Crippen LogP contribution is -1.88. The summed E-state index contributed by atoms with van der Waals surface area (Å²) in [4.78, 5) is 5.02. The Morgan fingerprint density at radius 2 is 1.21 bits per heavy atom. The van der Waals surface area contributed by atoms with Crippen LogP contribution in [-0.4, -0.2) is 4.98 Å². The summed E-state index contributed by atoms with van der Waals surface area (Å²) in [6, 6.07) is 33.8. The van der Waals surface area contributed by atoms with Gasteiger partial charge in [0.25, 0.3) is 0 Å². The van der Waals surface area contributed by atoms with Gasteiger partial charge in [-0.05, 0) is 63.7 Å². The van der Waals surface area contributed by atoms with Crippen LogP contribution in [0.1, 0.15) is 0 Å². The van der Waals surface area contributed by atoms with E-state index >= 15 is 0 Å². The molecular weight excluding hydrogens is 374 g/mol. The summed E-state index contributed by atoms with van der Waals surface area (Å²) in [5, 5.41) is 2.00. The Hall–Kier alpha value is -3.42. The third kappa shape index (κ3) is 2.59. The van der Waals surface area contributed by atoms with Gasteiger partial charge in [-0.15, -0.1) is 0 Å². The van der Waals surface area contributed by atoms with Crippen molar-refractivity contribution in [3.05, 3.63) is 102 Å². The average molecular weight is 390 g/mol. The number of hydrogen-bond donors (Lipinski definition) is 0. The molecule has 5 aromatic rings. The maximum absolute atomic E-state index is 6.05. The monoisotopic (exact) mass is 389 g/mol. The predicted octanol–water partition coefficient (Wildman–Crippen LogP) is 7.87. The number of pyridine rings is 1. The van der Waals surface area contributed by atoms with E-state index < -0.39 is 0 Å². The molecule has 4 aromatic carbocycles. The zero-order valence-electron chi connectivity index (χ0n) is 15.6. The maximum atomic E-state index is 6.05. The Morgan fingerprint density at radius 3 is 2.03 bits per heavy atom. The van der Waals surface area contributed by atoms with E-state index in [1.54, 1.807) is 0 Å². The lowest BCUT2D eigenvalue weighted by molar-refractivity contribution is 1.40. The van der Waals surface area contributed by atoms with E-state index in [0.29, 0.717) is 0 Å². The molecule has 136 valence electrons. The van der Waals surface area contributed by atoms with E-state index in [0.717, 1.165) is 32.9 Å². The van der Waals surface area contributed by atoms with Gasteiger partial charge in [0, 0.05) is 16.0 Å². The normalized spacial score (nSPS) is 11.6. The van der Waals surface area contributed by atoms with Gasteiger partial charge in [0.05, 0.1) is 11.2 Å². The van der Waals surface area contributed by atoms with Gasteiger partial charge in [-0.25, -0.2) is 4.98 Å². The number of aromatic nitrogens is 1. The lowest BCUT2D eigenvalue weighted by Gasteiger charge is -2.09. The van der Waals surface area contributed by atoms with Crippen LogP contribution < -0.4 is 0 Å². The molecule has 0 saturated carbocycles. The van der Waals surface area contributed by atoms with Crippen LogP contribution in [-0.2, 0) is 0 Å². The fourth-order valence-corrected chi connectivity index (χ4v) is 4.45. The van der Waals surface area contributed by atoms with Crippen LogP contribution in [0, 0.1) is 0 Å². The second-order valence-electron chi connectivity index (χ2n) is 7.39. The summed E-state index contributed by atoms with van der Waals surface area (Å²) in [5.74, 6) is 0. The molecule has 0 radical (unpaired) electrons. The van der Waals surface area contributed by atoms with Gasteiger partial charge in [-0.3, -0.25) is 0 Å². The first-order chi connectivity index (χ1) is 14.3. The molecular formula is C27H16ClN. The Labute approximate surface area is 174 Å². The van der Waals surface area contributed by atoms with Crippen LogP contribution >= 0.6 is 11.6 Å². The largest absolute Gasteiger partial charge is 0.248 e. The SMILES string of the molecule is Clc1ccc(-c2cccc(-c3cc4c5c(cccc5n3)-c3ccccc3-4)c2)cc1. The van der Waals surface area contributed by atoms with E-state index in [2.05, 4.69) is 84.9 Å². The summed E-state index contributed by atoms with van der Waals surface area (Å²) in [6.45, 7) is 0. The van der Waals surface area contributed by atoms with E-state index in [9.17, 15) is 0 Å². The Bertz CT molecular complexity index is 1400. The Morgan fingerprint density at radius 1 is 0.517 bits per heavy atom. The van der Waals surface area contributed by atoms with E-state index in [1.807, 2.05) is 12.1 Å². The number of halogens is 1. The van der Waals surface area contributed by atoms with Crippen molar-refractivity contribution in [3.8, 4) is 44.6 Å². The number of fused-ring (bicyclic) bond motifs is 3. The third-order valence-electron chi connectivity index (χ3n) is 5.68. The second kappa shape index (κ2) is 6.30. The average Bonchev–Trinajstić information content (AvgIpc) is 3.10. The molecule has 0 bridgehead atoms. The van der Waals surface area contributed by atoms with Gasteiger partial charge in [0.1, 0.15) is 0 Å². The van der Waals surface area contributed by atoms with Crippen molar-refractivity contribution in [2.45, 2.75) is 0 Å². The number of hydrogen-bond acceptors (Lipinski definition) is 1. The molecule has 0 unspecified atom stereocenters. The van der Waals surface area contributed by atoms with Gasteiger partial charge in [-0.1, -0.05) is 78.3 Å². The molecule has 1 aliphatic rings. The van der Waals surface area contributed by atoms with E-state index in [-0.39, 0.29) is 0 Å². The minimum absolute atomic E-state index is 0.749. The zero-order chi connectivity index (χ0) is 19.4. The molecule has 0 amide bonds. The fourth-order valence-electron chi connectivity index (χ4n) is 4.33. The third-order valence-corrected chi connectivity index (χ3v) is 5.93. The molecule has 0 saturated heterocycles. The fraction of sp³-hybridized carbons (Fsp3) is 0. The molecule has 1 nitrogen and oxygen atoms in total. The molecule has 0 N–H and O–H groups in total. The predicted molar refractivity (Wildman–Crippen MR) is 122 cm³/mol. The van der Waals surface area contributed by atoms with Crippen molar-refractivity contribution >= 4 is 22.5 Å². The van der Waals surface area contributed by atoms with Gasteiger partial charge in [0.15, 0.2) is 0 Å². The minimum Gasteiger partial charge on any atom is -0.248 e. The molecule has 6 rings (SSSR count). The number of rotatable bonds is 2. The molecule has 0 aliphatic heterocycles. The molecule has 29 heavy (non-hydrogen) atoms. The minimum atomic E-state index is 0.749. The molecule has 2 heteroatoms. The van der Waals surface area contributed by atoms with Gasteiger partial charge >= 0.3 is 0 Å². The van der Waals surface area contributed by atoms with Gasteiger partial charge < -0.3 is 0 Å². The number of benzene rings is 4. The van der Waals surface area contributed by atoms with E-state index in [4.69, 9.17) is 16.6 Å². The first-order valence-corrected chi connectivity index (χ1v) is 10.1. The number of nitrogens with zero attached hydrogens (tertiary/aromatic N) is 1. The summed E-state index contributed by atoms with van der Waals surface area (Å²) in [6.07, 6.45) is 0. The van der Waals surface area contributed by atoms with Crippen molar-refractivity contribution in [2.75, 3.05) is 0 Å². The molecule has 1 aromatic heterocycles. The topological polar surface area (TPSA) is 12.9 Å². The van der Waals surface area contributed by atoms with Crippen molar-refractivity contribution in [2.24, 2.45) is 0 Å². The van der Waals surface area contributed by atoms with Crippen LogP contribution in [0.15, 0.2) is 97.1 Å². The first-order valence-electron chi connectivity index (χ1n) is 9.68. The molecule has 0 fully saturated rings. The maximum Gasteiger partial charge on any atom is 0.0722 e. The summed E-state index contributed by atoms with van der Waals surface area (Å²) < 4.78 is 0. The Kier molecular flexibility index (Phi) is 3.59. The van der Waals surface area contributed by atoms with Gasteiger partial charge in [0.2, 0.25) is 0 Å². The highest BCUT2D eigenvalue weighted by molar-refractivity contribution is 6.30. The quantitative estimate of drug-likeness (QED) is 0.293. The highest BCUT2D eigenvalue weighted by atomic mass is 35.5. The van der Waals surface area contributed by atoms with E-state index in [1.165, 1.54) is 27.6 Å². The zero-order valence-corrected chi connectivity index (χ0v) is 16.3. The Balaban J connectivity index is 1.55. The lowest BCUT2D eigenvalue weighted by atomic mass is 9.99. The molecule has 1 aliphatic carbocycles. The molecule has 0 atom stereocenters. The van der Waals surface area contributed by atoms with Crippen LogP contribution in [0.4, 0.5) is 0 Å². The van der Waals surface area contributed by atoms with Crippen LogP contribution in [0.3, 0.4) is 0 Å². The first kappa shape index (κ1) is 16.5. The molecule has 0 spiro atoms.